The van der Waals surface area contributed by atoms with Gasteiger partial charge in [0.2, 0.25) is 0 Å². The van der Waals surface area contributed by atoms with E-state index in [1.807, 2.05) is 0 Å². The van der Waals surface area contributed by atoms with Crippen molar-refractivity contribution in [1.82, 2.24) is 0 Å². The molecule has 0 N–H and O–H groups in total. The molecule has 15 heavy (non-hydrogen) atoms. The Labute approximate surface area is 95.6 Å². The highest BCUT2D eigenvalue weighted by atomic mass is 16.5. The third-order valence-corrected chi connectivity index (χ3v) is 3.16. The third-order valence-electron chi connectivity index (χ3n) is 3.16. The Hall–Kier alpha value is -0.0400. The summed E-state index contributed by atoms with van der Waals surface area (Å²) in [7, 11) is 0. The third kappa shape index (κ3) is 5.55. The number of hydrogen-bond donors (Lipinski definition) is 0. The molecule has 0 bridgehead atoms. The highest BCUT2D eigenvalue weighted by molar-refractivity contribution is 4.77. The summed E-state index contributed by atoms with van der Waals surface area (Å²) in [4.78, 5) is 0. The number of ether oxygens (including phenoxy) is 1. The Morgan fingerprint density at radius 2 is 1.60 bits per heavy atom. The topological polar surface area (TPSA) is 9.23 Å². The molecule has 90 valence electrons. The molecule has 1 saturated carbocycles. The fourth-order valence-corrected chi connectivity index (χ4v) is 2.72. The normalized spacial score (nSPS) is 28.4. The zero-order valence-corrected chi connectivity index (χ0v) is 11.2. The molecule has 0 aromatic heterocycles. The Kier molecular flexibility index (Phi) is 4.64. The average Bonchev–Trinajstić information content (AvgIpc) is 2.05. The molecular weight excluding hydrogens is 184 g/mol. The van der Waals surface area contributed by atoms with E-state index in [0.29, 0.717) is 17.6 Å². The van der Waals surface area contributed by atoms with Crippen LogP contribution in [0, 0.1) is 11.3 Å². The summed E-state index contributed by atoms with van der Waals surface area (Å²) in [6.07, 6.45) is 7.61. The van der Waals surface area contributed by atoms with E-state index in [2.05, 4.69) is 34.6 Å². The highest BCUT2D eigenvalue weighted by Crippen LogP contribution is 2.35. The van der Waals surface area contributed by atoms with E-state index in [4.69, 9.17) is 4.74 Å². The van der Waals surface area contributed by atoms with Crippen molar-refractivity contribution in [2.75, 3.05) is 0 Å². The van der Waals surface area contributed by atoms with Gasteiger partial charge < -0.3 is 4.74 Å². The highest BCUT2D eigenvalue weighted by Gasteiger charge is 2.25. The van der Waals surface area contributed by atoms with Crippen LogP contribution in [0.3, 0.4) is 0 Å². The molecule has 0 heterocycles. The van der Waals surface area contributed by atoms with E-state index >= 15 is 0 Å². The van der Waals surface area contributed by atoms with Crippen LogP contribution in [-0.2, 0) is 4.74 Å². The second kappa shape index (κ2) is 5.34. The van der Waals surface area contributed by atoms with E-state index in [0.717, 1.165) is 5.92 Å². The summed E-state index contributed by atoms with van der Waals surface area (Å²) >= 11 is 0. The first-order valence-corrected chi connectivity index (χ1v) is 6.52. The smallest absolute Gasteiger partial charge is 0.0578 e. The van der Waals surface area contributed by atoms with Crippen LogP contribution in [0.5, 0.6) is 0 Å². The van der Waals surface area contributed by atoms with Crippen LogP contribution in [0.2, 0.25) is 0 Å². The maximum Gasteiger partial charge on any atom is 0.0578 e. The standard InChI is InChI=1S/C14H28O/c1-11(2)15-13-8-6-12(7-9-13)10-14(3,4)5/h11-13H,6-10H2,1-5H3. The molecule has 1 nitrogen and oxygen atoms in total. The van der Waals surface area contributed by atoms with Crippen LogP contribution in [0.4, 0.5) is 0 Å². The molecule has 0 unspecified atom stereocenters. The van der Waals surface area contributed by atoms with Crippen LogP contribution in [0.15, 0.2) is 0 Å². The lowest BCUT2D eigenvalue weighted by molar-refractivity contribution is -0.0224. The summed E-state index contributed by atoms with van der Waals surface area (Å²) in [5.74, 6) is 0.942. The quantitative estimate of drug-likeness (QED) is 0.673. The predicted molar refractivity (Wildman–Crippen MR) is 66.0 cm³/mol. The van der Waals surface area contributed by atoms with Gasteiger partial charge in [0.15, 0.2) is 0 Å². The SMILES string of the molecule is CC(C)OC1CCC(CC(C)(C)C)CC1. The Balaban J connectivity index is 2.24. The van der Waals surface area contributed by atoms with Crippen LogP contribution in [0.1, 0.15) is 66.7 Å². The van der Waals surface area contributed by atoms with Gasteiger partial charge in [-0.1, -0.05) is 20.8 Å². The Morgan fingerprint density at radius 1 is 1.07 bits per heavy atom. The second-order valence-corrected chi connectivity index (χ2v) is 6.59. The van der Waals surface area contributed by atoms with Gasteiger partial charge in [-0.2, -0.15) is 0 Å². The van der Waals surface area contributed by atoms with Gasteiger partial charge in [-0.05, 0) is 57.3 Å². The Bertz CT molecular complexity index is 170. The minimum atomic E-state index is 0.397. The van der Waals surface area contributed by atoms with Crippen LogP contribution in [-0.4, -0.2) is 12.2 Å². The first-order valence-electron chi connectivity index (χ1n) is 6.52. The molecule has 0 amide bonds. The van der Waals surface area contributed by atoms with Gasteiger partial charge in [0.1, 0.15) is 0 Å². The van der Waals surface area contributed by atoms with Gasteiger partial charge in [0, 0.05) is 0 Å². The van der Waals surface area contributed by atoms with Gasteiger partial charge in [-0.3, -0.25) is 0 Å². The molecule has 0 saturated heterocycles. The lowest BCUT2D eigenvalue weighted by Gasteiger charge is -2.33. The summed E-state index contributed by atoms with van der Waals surface area (Å²) < 4.78 is 5.87. The fourth-order valence-electron chi connectivity index (χ4n) is 2.72. The molecule has 1 rings (SSSR count). The summed E-state index contributed by atoms with van der Waals surface area (Å²) in [6.45, 7) is 11.3. The van der Waals surface area contributed by atoms with Gasteiger partial charge in [0.05, 0.1) is 12.2 Å². The van der Waals surface area contributed by atoms with Crippen molar-refractivity contribution in [1.29, 1.82) is 0 Å². The fraction of sp³-hybridized carbons (Fsp3) is 1.00. The first kappa shape index (κ1) is 13.0. The molecule has 0 aliphatic heterocycles. The molecule has 0 radical (unpaired) electrons. The number of rotatable bonds is 3. The minimum absolute atomic E-state index is 0.397. The van der Waals surface area contributed by atoms with Crippen LogP contribution < -0.4 is 0 Å². The average molecular weight is 212 g/mol. The van der Waals surface area contributed by atoms with Gasteiger partial charge in [0.25, 0.3) is 0 Å². The minimum Gasteiger partial charge on any atom is -0.376 e. The summed E-state index contributed by atoms with van der Waals surface area (Å²) in [5.41, 5.74) is 0.496. The molecule has 0 aromatic rings. The lowest BCUT2D eigenvalue weighted by atomic mass is 9.77. The first-order chi connectivity index (χ1) is 6.87. The van der Waals surface area contributed by atoms with Crippen LogP contribution >= 0.6 is 0 Å². The van der Waals surface area contributed by atoms with Gasteiger partial charge >= 0.3 is 0 Å². The molecule has 0 atom stereocenters. The Morgan fingerprint density at radius 3 is 2.00 bits per heavy atom. The maximum atomic E-state index is 5.87. The van der Waals surface area contributed by atoms with E-state index in [1.165, 1.54) is 32.1 Å². The van der Waals surface area contributed by atoms with E-state index in [-0.39, 0.29) is 0 Å². The molecule has 1 aliphatic rings. The molecule has 1 fully saturated rings. The summed E-state index contributed by atoms with van der Waals surface area (Å²) in [5, 5.41) is 0. The maximum absolute atomic E-state index is 5.87. The molecule has 0 aromatic carbocycles. The monoisotopic (exact) mass is 212 g/mol. The predicted octanol–water partition coefficient (Wildman–Crippen LogP) is 4.41. The van der Waals surface area contributed by atoms with E-state index < -0.39 is 0 Å². The zero-order chi connectivity index (χ0) is 11.5. The molecule has 1 aliphatic carbocycles. The lowest BCUT2D eigenvalue weighted by Crippen LogP contribution is -2.26. The van der Waals surface area contributed by atoms with Crippen molar-refractivity contribution in [3.8, 4) is 0 Å². The van der Waals surface area contributed by atoms with Gasteiger partial charge in [-0.15, -0.1) is 0 Å². The van der Waals surface area contributed by atoms with Crippen molar-refractivity contribution in [3.05, 3.63) is 0 Å². The van der Waals surface area contributed by atoms with Crippen molar-refractivity contribution < 1.29 is 4.74 Å². The second-order valence-electron chi connectivity index (χ2n) is 6.59. The van der Waals surface area contributed by atoms with Crippen molar-refractivity contribution >= 4 is 0 Å². The zero-order valence-electron chi connectivity index (χ0n) is 11.2. The molecule has 0 spiro atoms. The van der Waals surface area contributed by atoms with Crippen LogP contribution in [0.25, 0.3) is 0 Å². The van der Waals surface area contributed by atoms with Crippen molar-refractivity contribution in [2.24, 2.45) is 11.3 Å². The molecular formula is C14H28O. The van der Waals surface area contributed by atoms with E-state index in [1.54, 1.807) is 0 Å². The number of hydrogen-bond acceptors (Lipinski definition) is 1. The van der Waals surface area contributed by atoms with Gasteiger partial charge in [-0.25, -0.2) is 0 Å². The van der Waals surface area contributed by atoms with Crippen molar-refractivity contribution in [2.45, 2.75) is 78.9 Å². The van der Waals surface area contributed by atoms with E-state index in [9.17, 15) is 0 Å². The largest absolute Gasteiger partial charge is 0.376 e. The molecule has 1 heteroatoms. The van der Waals surface area contributed by atoms with Crippen molar-refractivity contribution in [3.63, 3.8) is 0 Å². The summed E-state index contributed by atoms with van der Waals surface area (Å²) in [6, 6.07) is 0.